The van der Waals surface area contributed by atoms with Crippen molar-refractivity contribution in [1.82, 2.24) is 0 Å². The highest BCUT2D eigenvalue weighted by molar-refractivity contribution is 7.85. The van der Waals surface area contributed by atoms with Gasteiger partial charge in [-0.05, 0) is 53.6 Å². The summed E-state index contributed by atoms with van der Waals surface area (Å²) in [5, 5.41) is 13.3. The van der Waals surface area contributed by atoms with Crippen molar-refractivity contribution in [1.29, 1.82) is 0 Å². The van der Waals surface area contributed by atoms with Crippen LogP contribution in [0.2, 0.25) is 20.1 Å². The maximum atomic E-state index is 13.0. The van der Waals surface area contributed by atoms with E-state index >= 15 is 0 Å². The summed E-state index contributed by atoms with van der Waals surface area (Å²) < 4.78 is 13.0. The van der Waals surface area contributed by atoms with Gasteiger partial charge in [-0.2, -0.15) is 0 Å². The molecule has 2 nitrogen and oxygen atoms in total. The summed E-state index contributed by atoms with van der Waals surface area (Å²) in [6, 6.07) is 18.3. The van der Waals surface area contributed by atoms with Crippen LogP contribution >= 0.6 is 46.4 Å². The van der Waals surface area contributed by atoms with Gasteiger partial charge in [-0.15, -0.1) is 0 Å². The molecule has 1 atom stereocenters. The predicted molar refractivity (Wildman–Crippen MR) is 114 cm³/mol. The summed E-state index contributed by atoms with van der Waals surface area (Å²) >= 11 is 23.9. The first-order valence-electron chi connectivity index (χ1n) is 7.87. The minimum Gasteiger partial charge on any atom is -0.379 e. The van der Waals surface area contributed by atoms with Crippen LogP contribution in [0.4, 0.5) is 0 Å². The first kappa shape index (κ1) is 20.7. The maximum Gasteiger partial charge on any atom is 0.126 e. The van der Waals surface area contributed by atoms with Crippen molar-refractivity contribution < 1.29 is 9.32 Å². The third-order valence-corrected chi connectivity index (χ3v) is 6.84. The van der Waals surface area contributed by atoms with E-state index in [1.54, 1.807) is 66.7 Å². The highest BCUT2D eigenvalue weighted by Gasteiger charge is 2.34. The molecule has 3 rings (SSSR count). The average Bonchev–Trinajstić information content (AvgIpc) is 2.64. The molecule has 0 bridgehead atoms. The summed E-state index contributed by atoms with van der Waals surface area (Å²) in [4.78, 5) is 0.478. The first-order valence-corrected chi connectivity index (χ1v) is 10.7. The minimum absolute atomic E-state index is 0.0752. The van der Waals surface area contributed by atoms with E-state index < -0.39 is 16.4 Å². The first-order chi connectivity index (χ1) is 12.8. The van der Waals surface area contributed by atoms with Crippen LogP contribution in [-0.4, -0.2) is 15.1 Å². The van der Waals surface area contributed by atoms with Crippen LogP contribution in [0.3, 0.4) is 0 Å². The van der Waals surface area contributed by atoms with Crippen molar-refractivity contribution in [2.45, 2.75) is 10.5 Å². The highest BCUT2D eigenvalue weighted by atomic mass is 35.5. The summed E-state index contributed by atoms with van der Waals surface area (Å²) in [7, 11) is -1.54. The van der Waals surface area contributed by atoms with Gasteiger partial charge < -0.3 is 5.11 Å². The zero-order valence-corrected chi connectivity index (χ0v) is 17.7. The largest absolute Gasteiger partial charge is 0.379 e. The van der Waals surface area contributed by atoms with Gasteiger partial charge in [-0.3, -0.25) is 4.21 Å². The lowest BCUT2D eigenvalue weighted by atomic mass is 9.88. The average molecular weight is 460 g/mol. The second-order valence-electron chi connectivity index (χ2n) is 5.94. The van der Waals surface area contributed by atoms with Crippen LogP contribution in [0.5, 0.6) is 0 Å². The molecule has 0 saturated carbocycles. The molecule has 0 spiro atoms. The molecular weight excluding hydrogens is 446 g/mol. The number of hydrogen-bond donors (Lipinski definition) is 1. The van der Waals surface area contributed by atoms with E-state index in [0.717, 1.165) is 0 Å². The molecule has 0 aromatic heterocycles. The van der Waals surface area contributed by atoms with Gasteiger partial charge in [0.05, 0.1) is 26.6 Å². The zero-order valence-electron chi connectivity index (χ0n) is 13.8. The molecule has 3 aromatic rings. The summed E-state index contributed by atoms with van der Waals surface area (Å²) in [5.41, 5.74) is -0.364. The van der Waals surface area contributed by atoms with Gasteiger partial charge in [0.25, 0.3) is 0 Å². The van der Waals surface area contributed by atoms with Crippen molar-refractivity contribution in [2.24, 2.45) is 0 Å². The molecule has 0 saturated heterocycles. The second kappa shape index (κ2) is 8.52. The zero-order chi connectivity index (χ0) is 19.6. The Labute approximate surface area is 180 Å². The van der Waals surface area contributed by atoms with Gasteiger partial charge in [0.2, 0.25) is 0 Å². The van der Waals surface area contributed by atoms with Crippen LogP contribution in [0.15, 0.2) is 71.6 Å². The number of benzene rings is 3. The van der Waals surface area contributed by atoms with Crippen molar-refractivity contribution in [2.75, 3.05) is 5.75 Å². The Balaban J connectivity index is 2.03. The second-order valence-corrected chi connectivity index (χ2v) is 9.08. The van der Waals surface area contributed by atoms with E-state index in [-0.39, 0.29) is 5.75 Å². The summed E-state index contributed by atoms with van der Waals surface area (Å²) in [5.74, 6) is -0.0752. The molecule has 140 valence electrons. The molecular formula is C20H14Cl4O2S. The minimum atomic E-state index is -1.54. The van der Waals surface area contributed by atoms with E-state index in [9.17, 15) is 9.32 Å². The Morgan fingerprint density at radius 3 is 1.67 bits per heavy atom. The molecule has 7 heteroatoms. The number of halogens is 4. The Morgan fingerprint density at radius 2 is 1.22 bits per heavy atom. The third-order valence-electron chi connectivity index (χ3n) is 4.14. The normalized spacial score (nSPS) is 12.8. The molecule has 0 amide bonds. The van der Waals surface area contributed by atoms with E-state index in [0.29, 0.717) is 36.1 Å². The van der Waals surface area contributed by atoms with Crippen LogP contribution in [0.25, 0.3) is 0 Å². The molecule has 0 radical (unpaired) electrons. The molecule has 0 aliphatic carbocycles. The van der Waals surface area contributed by atoms with Crippen LogP contribution in [-0.2, 0) is 16.4 Å². The maximum absolute atomic E-state index is 13.0. The fraction of sp³-hybridized carbons (Fsp3) is 0.100. The molecule has 0 heterocycles. The third kappa shape index (κ3) is 4.68. The lowest BCUT2D eigenvalue weighted by Gasteiger charge is -2.29. The van der Waals surface area contributed by atoms with Crippen molar-refractivity contribution in [3.8, 4) is 0 Å². The highest BCUT2D eigenvalue weighted by Crippen LogP contribution is 2.34. The molecule has 0 unspecified atom stereocenters. The van der Waals surface area contributed by atoms with E-state index in [1.165, 1.54) is 0 Å². The topological polar surface area (TPSA) is 37.3 Å². The standard InChI is InChI=1S/C20H14Cl4O2S/c21-15-5-1-13(2-6-15)20(25,14-3-7-16(22)8-4-14)12-27(26)17-9-10-18(23)19(24)11-17/h1-11,25H,12H2/t27-/m0/s1. The lowest BCUT2D eigenvalue weighted by Crippen LogP contribution is -2.34. The fourth-order valence-corrected chi connectivity index (χ4v) is 4.64. The predicted octanol–water partition coefficient (Wildman–Crippen LogP) is 6.34. The van der Waals surface area contributed by atoms with Crippen molar-refractivity contribution in [3.63, 3.8) is 0 Å². The van der Waals surface area contributed by atoms with Gasteiger partial charge in [0.1, 0.15) is 5.60 Å². The van der Waals surface area contributed by atoms with Crippen molar-refractivity contribution in [3.05, 3.63) is 97.9 Å². The smallest absolute Gasteiger partial charge is 0.126 e. The fourth-order valence-electron chi connectivity index (χ4n) is 2.68. The lowest BCUT2D eigenvalue weighted by molar-refractivity contribution is 0.106. The van der Waals surface area contributed by atoms with Gasteiger partial charge >= 0.3 is 0 Å². The molecule has 27 heavy (non-hydrogen) atoms. The number of rotatable bonds is 5. The molecule has 0 fully saturated rings. The van der Waals surface area contributed by atoms with Gasteiger partial charge in [0.15, 0.2) is 0 Å². The number of hydrogen-bond acceptors (Lipinski definition) is 2. The Kier molecular flexibility index (Phi) is 6.52. The van der Waals surface area contributed by atoms with Crippen LogP contribution < -0.4 is 0 Å². The Hall–Kier alpha value is -1.07. The van der Waals surface area contributed by atoms with Gasteiger partial charge in [-0.25, -0.2) is 0 Å². The molecule has 0 aliphatic rings. The SMILES string of the molecule is O=[S@@](CC(O)(c1ccc(Cl)cc1)c1ccc(Cl)cc1)c1ccc(Cl)c(Cl)c1. The summed E-state index contributed by atoms with van der Waals surface area (Å²) in [6.45, 7) is 0. The molecule has 1 N–H and O–H groups in total. The van der Waals surface area contributed by atoms with E-state index in [2.05, 4.69) is 0 Å². The monoisotopic (exact) mass is 458 g/mol. The van der Waals surface area contributed by atoms with Crippen LogP contribution in [0.1, 0.15) is 11.1 Å². The van der Waals surface area contributed by atoms with Gasteiger partial charge in [-0.1, -0.05) is 70.7 Å². The Morgan fingerprint density at radius 1 is 0.741 bits per heavy atom. The van der Waals surface area contributed by atoms with Crippen molar-refractivity contribution >= 4 is 57.2 Å². The van der Waals surface area contributed by atoms with E-state index in [4.69, 9.17) is 46.4 Å². The Bertz CT molecular complexity index is 927. The summed E-state index contributed by atoms with van der Waals surface area (Å²) in [6.07, 6.45) is 0. The molecule has 0 aliphatic heterocycles. The van der Waals surface area contributed by atoms with Gasteiger partial charge in [0, 0.05) is 14.9 Å². The number of aliphatic hydroxyl groups is 1. The molecule has 3 aromatic carbocycles. The van der Waals surface area contributed by atoms with E-state index in [1.807, 2.05) is 0 Å². The van der Waals surface area contributed by atoms with Crippen LogP contribution in [0, 0.1) is 0 Å². The quantitative estimate of drug-likeness (QED) is 0.483.